The number of esters is 1. The van der Waals surface area contributed by atoms with Crippen LogP contribution in [0.25, 0.3) is 0 Å². The number of amides is 1. The highest BCUT2D eigenvalue weighted by Gasteiger charge is 2.28. The van der Waals surface area contributed by atoms with E-state index in [0.29, 0.717) is 49.3 Å². The summed E-state index contributed by atoms with van der Waals surface area (Å²) in [6.45, 7) is 2.27. The maximum atomic E-state index is 13.1. The first-order valence-electron chi connectivity index (χ1n) is 10.4. The fraction of sp³-hybridized carbons (Fsp3) is 0.435. The third kappa shape index (κ3) is 4.42. The first kappa shape index (κ1) is 21.0. The van der Waals surface area contributed by atoms with Crippen molar-refractivity contribution < 1.29 is 23.8 Å². The van der Waals surface area contributed by atoms with Crippen LogP contribution in [-0.4, -0.2) is 36.4 Å². The Morgan fingerprint density at radius 1 is 1.13 bits per heavy atom. The minimum atomic E-state index is -0.371. The van der Waals surface area contributed by atoms with Crippen molar-refractivity contribution in [3.05, 3.63) is 57.5 Å². The minimum Gasteiger partial charge on any atom is -0.469 e. The summed E-state index contributed by atoms with van der Waals surface area (Å²) in [7, 11) is 1.39. The molecule has 1 saturated carbocycles. The molecule has 1 amide bonds. The number of hydrogen-bond donors (Lipinski definition) is 1. The molecule has 8 nitrogen and oxygen atoms in total. The maximum Gasteiger partial charge on any atom is 0.308 e. The fourth-order valence-corrected chi connectivity index (χ4v) is 4.20. The van der Waals surface area contributed by atoms with E-state index in [0.717, 1.165) is 5.56 Å². The van der Waals surface area contributed by atoms with Gasteiger partial charge in [-0.1, -0.05) is 6.07 Å². The molecule has 1 aliphatic carbocycles. The quantitative estimate of drug-likeness (QED) is 0.738. The molecule has 0 radical (unpaired) electrons. The molecule has 0 atom stereocenters. The molecule has 1 aromatic carbocycles. The number of pyridine rings is 1. The highest BCUT2D eigenvalue weighted by Crippen LogP contribution is 2.32. The molecule has 31 heavy (non-hydrogen) atoms. The fourth-order valence-electron chi connectivity index (χ4n) is 4.20. The highest BCUT2D eigenvalue weighted by atomic mass is 16.7. The van der Waals surface area contributed by atoms with E-state index in [1.165, 1.54) is 11.7 Å². The number of aryl methyl sites for hydroxylation is 1. The monoisotopic (exact) mass is 426 g/mol. The minimum absolute atomic E-state index is 0.0604. The van der Waals surface area contributed by atoms with Crippen LogP contribution in [0.3, 0.4) is 0 Å². The Labute approximate surface area is 180 Å². The lowest BCUT2D eigenvalue weighted by Crippen LogP contribution is -2.42. The summed E-state index contributed by atoms with van der Waals surface area (Å²) in [5.41, 5.74) is 1.33. The van der Waals surface area contributed by atoms with Crippen molar-refractivity contribution >= 4 is 11.9 Å². The van der Waals surface area contributed by atoms with E-state index in [9.17, 15) is 14.4 Å². The SMILES string of the molecule is COC(=O)C1CCC(NC(=O)c2c(C)ccn(Cc3ccc4c(c3)OCO4)c2=O)CC1. The molecule has 2 aromatic rings. The molecular weight excluding hydrogens is 400 g/mol. The number of hydrogen-bond acceptors (Lipinski definition) is 6. The Bertz CT molecular complexity index is 1050. The van der Waals surface area contributed by atoms with E-state index < -0.39 is 0 Å². The van der Waals surface area contributed by atoms with Gasteiger partial charge in [0, 0.05) is 12.2 Å². The van der Waals surface area contributed by atoms with Crippen molar-refractivity contribution in [2.45, 2.75) is 45.2 Å². The molecule has 2 heterocycles. The van der Waals surface area contributed by atoms with E-state index in [1.54, 1.807) is 19.2 Å². The van der Waals surface area contributed by atoms with Crippen LogP contribution in [0.1, 0.15) is 47.2 Å². The second-order valence-electron chi connectivity index (χ2n) is 8.04. The summed E-state index contributed by atoms with van der Waals surface area (Å²) in [6.07, 6.45) is 4.39. The molecule has 0 spiro atoms. The van der Waals surface area contributed by atoms with Gasteiger partial charge in [0.1, 0.15) is 5.56 Å². The third-order valence-electron chi connectivity index (χ3n) is 5.99. The Kier molecular flexibility index (Phi) is 5.97. The first-order chi connectivity index (χ1) is 15.0. The van der Waals surface area contributed by atoms with E-state index in [-0.39, 0.29) is 41.8 Å². The molecule has 4 rings (SSSR count). The van der Waals surface area contributed by atoms with Crippen LogP contribution in [-0.2, 0) is 16.1 Å². The second-order valence-corrected chi connectivity index (χ2v) is 8.04. The summed E-state index contributed by atoms with van der Waals surface area (Å²) in [4.78, 5) is 37.7. The topological polar surface area (TPSA) is 95.9 Å². The van der Waals surface area contributed by atoms with E-state index in [1.807, 2.05) is 18.2 Å². The summed E-state index contributed by atoms with van der Waals surface area (Å²) in [5, 5.41) is 2.98. The maximum absolute atomic E-state index is 13.1. The lowest BCUT2D eigenvalue weighted by Gasteiger charge is -2.27. The zero-order chi connectivity index (χ0) is 22.0. The standard InChI is InChI=1S/C23H26N2O6/c1-14-9-10-25(12-15-3-8-18-19(11-15)31-13-30-18)22(27)20(14)21(26)24-17-6-4-16(5-7-17)23(28)29-2/h3,8-11,16-17H,4-7,12-13H2,1-2H3,(H,24,26). The number of nitrogens with one attached hydrogen (secondary N) is 1. The molecule has 1 N–H and O–H groups in total. The summed E-state index contributed by atoms with van der Waals surface area (Å²) < 4.78 is 17.1. The molecule has 164 valence electrons. The number of ether oxygens (including phenoxy) is 3. The van der Waals surface area contributed by atoms with E-state index >= 15 is 0 Å². The number of nitrogens with zero attached hydrogens (tertiary/aromatic N) is 1. The molecule has 0 bridgehead atoms. The van der Waals surface area contributed by atoms with Crippen molar-refractivity contribution in [1.82, 2.24) is 9.88 Å². The number of carbonyl (C=O) groups is 2. The Morgan fingerprint density at radius 3 is 2.61 bits per heavy atom. The third-order valence-corrected chi connectivity index (χ3v) is 5.99. The Balaban J connectivity index is 1.47. The van der Waals surface area contributed by atoms with Crippen LogP contribution in [0.15, 0.2) is 35.3 Å². The van der Waals surface area contributed by atoms with Gasteiger partial charge in [0.05, 0.1) is 19.6 Å². The van der Waals surface area contributed by atoms with Crippen LogP contribution in [0.2, 0.25) is 0 Å². The lowest BCUT2D eigenvalue weighted by molar-refractivity contribution is -0.146. The van der Waals surface area contributed by atoms with Crippen molar-refractivity contribution in [3.63, 3.8) is 0 Å². The van der Waals surface area contributed by atoms with Crippen LogP contribution in [0, 0.1) is 12.8 Å². The van der Waals surface area contributed by atoms with Crippen molar-refractivity contribution in [2.75, 3.05) is 13.9 Å². The molecular formula is C23H26N2O6. The molecule has 1 fully saturated rings. The number of rotatable bonds is 5. The average Bonchev–Trinajstić information content (AvgIpc) is 3.24. The van der Waals surface area contributed by atoms with Crippen molar-refractivity contribution in [1.29, 1.82) is 0 Å². The predicted octanol–water partition coefficient (Wildman–Crippen LogP) is 2.40. The molecule has 0 saturated heterocycles. The van der Waals surface area contributed by atoms with Crippen LogP contribution in [0.4, 0.5) is 0 Å². The Morgan fingerprint density at radius 2 is 1.87 bits per heavy atom. The molecule has 2 aliphatic rings. The van der Waals surface area contributed by atoms with Gasteiger partial charge >= 0.3 is 5.97 Å². The largest absolute Gasteiger partial charge is 0.469 e. The van der Waals surface area contributed by atoms with Gasteiger partial charge in [0.25, 0.3) is 11.5 Å². The van der Waals surface area contributed by atoms with Gasteiger partial charge in [-0.15, -0.1) is 0 Å². The number of benzene rings is 1. The van der Waals surface area contributed by atoms with Gasteiger partial charge in [-0.2, -0.15) is 0 Å². The first-order valence-corrected chi connectivity index (χ1v) is 10.4. The molecule has 1 aliphatic heterocycles. The van der Waals surface area contributed by atoms with E-state index in [4.69, 9.17) is 14.2 Å². The van der Waals surface area contributed by atoms with Gasteiger partial charge in [0.15, 0.2) is 11.5 Å². The zero-order valence-corrected chi connectivity index (χ0v) is 17.7. The second kappa shape index (κ2) is 8.83. The number of carbonyl (C=O) groups excluding carboxylic acids is 2. The highest BCUT2D eigenvalue weighted by molar-refractivity contribution is 5.95. The normalized spacial score (nSPS) is 19.7. The summed E-state index contributed by atoms with van der Waals surface area (Å²) in [6, 6.07) is 7.25. The number of fused-ring (bicyclic) bond motifs is 1. The van der Waals surface area contributed by atoms with Gasteiger partial charge < -0.3 is 24.1 Å². The van der Waals surface area contributed by atoms with Crippen LogP contribution in [0.5, 0.6) is 11.5 Å². The smallest absolute Gasteiger partial charge is 0.308 e. The van der Waals surface area contributed by atoms with Crippen LogP contribution < -0.4 is 20.3 Å². The molecule has 1 aromatic heterocycles. The van der Waals surface area contributed by atoms with Crippen molar-refractivity contribution in [3.8, 4) is 11.5 Å². The molecule has 0 unspecified atom stereocenters. The van der Waals surface area contributed by atoms with E-state index in [2.05, 4.69) is 5.32 Å². The lowest BCUT2D eigenvalue weighted by atomic mass is 9.86. The van der Waals surface area contributed by atoms with Gasteiger partial charge in [-0.05, 0) is 61.9 Å². The number of methoxy groups -OCH3 is 1. The predicted molar refractivity (Wildman–Crippen MR) is 112 cm³/mol. The van der Waals surface area contributed by atoms with Gasteiger partial charge in [-0.25, -0.2) is 0 Å². The summed E-state index contributed by atoms with van der Waals surface area (Å²) in [5.74, 6) is 0.648. The van der Waals surface area contributed by atoms with Gasteiger partial charge in [0.2, 0.25) is 6.79 Å². The zero-order valence-electron chi connectivity index (χ0n) is 17.7. The van der Waals surface area contributed by atoms with Gasteiger partial charge in [-0.3, -0.25) is 14.4 Å². The average molecular weight is 426 g/mol. The summed E-state index contributed by atoms with van der Waals surface area (Å²) >= 11 is 0. The van der Waals surface area contributed by atoms with Crippen molar-refractivity contribution in [2.24, 2.45) is 5.92 Å². The molecule has 8 heteroatoms. The Hall–Kier alpha value is -3.29. The van der Waals surface area contributed by atoms with Crippen LogP contribution >= 0.6 is 0 Å². The number of aromatic nitrogens is 1.